The zero-order chi connectivity index (χ0) is 22.2. The summed E-state index contributed by atoms with van der Waals surface area (Å²) < 4.78 is 17.4. The molecule has 1 fully saturated rings. The fraction of sp³-hybridized carbons (Fsp3) is 0.409. The molecule has 9 heteroatoms. The minimum atomic E-state index is -0.773. The van der Waals surface area contributed by atoms with Gasteiger partial charge in [0.2, 0.25) is 0 Å². The van der Waals surface area contributed by atoms with Crippen molar-refractivity contribution in [2.24, 2.45) is 0 Å². The predicted molar refractivity (Wildman–Crippen MR) is 112 cm³/mol. The highest BCUT2D eigenvalue weighted by Crippen LogP contribution is 2.27. The first-order valence-electron chi connectivity index (χ1n) is 9.96. The van der Waals surface area contributed by atoms with Crippen molar-refractivity contribution < 1.29 is 24.1 Å². The summed E-state index contributed by atoms with van der Waals surface area (Å²) in [6, 6.07) is 9.75. The molecule has 0 spiro atoms. The van der Waals surface area contributed by atoms with Gasteiger partial charge in [-0.2, -0.15) is 4.98 Å². The Labute approximate surface area is 180 Å². The van der Waals surface area contributed by atoms with Gasteiger partial charge in [0.1, 0.15) is 6.23 Å². The van der Waals surface area contributed by atoms with Crippen LogP contribution in [0.15, 0.2) is 41.3 Å². The standard InChI is InChI=1S/C22H25N3O6/c1-3-17-13-25(19-12-18(26)15(2)31-19)21(27)23-20(17)24-22(28)30-11-7-10-29-14-16-8-5-4-6-9-16/h1,4-6,8-9,13,15,18-19,26H,7,10-12,14H2,2H3,(H,23,24,27,28). The number of amides is 1. The molecule has 164 valence electrons. The maximum atomic E-state index is 12.4. The largest absolute Gasteiger partial charge is 0.449 e. The summed E-state index contributed by atoms with van der Waals surface area (Å²) in [6.07, 6.45) is 5.09. The fourth-order valence-electron chi connectivity index (χ4n) is 3.07. The molecule has 1 amide bonds. The number of anilines is 1. The lowest BCUT2D eigenvalue weighted by Gasteiger charge is -2.15. The molecule has 0 radical (unpaired) electrons. The third-order valence-electron chi connectivity index (χ3n) is 4.77. The van der Waals surface area contributed by atoms with Gasteiger partial charge in [0, 0.05) is 19.0 Å². The van der Waals surface area contributed by atoms with Gasteiger partial charge in [0.15, 0.2) is 5.82 Å². The fourth-order valence-corrected chi connectivity index (χ4v) is 3.07. The molecule has 1 aliphatic heterocycles. The van der Waals surface area contributed by atoms with Crippen molar-refractivity contribution in [3.63, 3.8) is 0 Å². The van der Waals surface area contributed by atoms with E-state index in [9.17, 15) is 14.7 Å². The number of carbonyl (C=O) groups is 1. The molecule has 2 aromatic rings. The van der Waals surface area contributed by atoms with Crippen LogP contribution in [-0.2, 0) is 20.8 Å². The van der Waals surface area contributed by atoms with E-state index in [-0.39, 0.29) is 24.4 Å². The summed E-state index contributed by atoms with van der Waals surface area (Å²) >= 11 is 0. The van der Waals surface area contributed by atoms with Crippen molar-refractivity contribution in [1.29, 1.82) is 0 Å². The van der Waals surface area contributed by atoms with Gasteiger partial charge in [-0.1, -0.05) is 36.3 Å². The van der Waals surface area contributed by atoms with Crippen LogP contribution >= 0.6 is 0 Å². The molecule has 1 aromatic carbocycles. The van der Waals surface area contributed by atoms with Gasteiger partial charge in [-0.15, -0.1) is 6.42 Å². The lowest BCUT2D eigenvalue weighted by Crippen LogP contribution is -2.29. The molecule has 0 saturated carbocycles. The van der Waals surface area contributed by atoms with Crippen LogP contribution in [0.3, 0.4) is 0 Å². The molecule has 0 aliphatic carbocycles. The monoisotopic (exact) mass is 427 g/mol. The SMILES string of the molecule is C#Cc1cn(C2CC(O)C(C)O2)c(=O)nc1NC(=O)OCCCOCc1ccccc1. The van der Waals surface area contributed by atoms with E-state index < -0.39 is 30.2 Å². The van der Waals surface area contributed by atoms with Gasteiger partial charge >= 0.3 is 11.8 Å². The smallest absolute Gasteiger partial charge is 0.412 e. The van der Waals surface area contributed by atoms with Crippen molar-refractivity contribution in [1.82, 2.24) is 9.55 Å². The molecular weight excluding hydrogens is 402 g/mol. The maximum Gasteiger partial charge on any atom is 0.412 e. The normalized spacial score (nSPS) is 20.2. The summed E-state index contributed by atoms with van der Waals surface area (Å²) in [6.45, 7) is 2.76. The second kappa shape index (κ2) is 10.7. The quantitative estimate of drug-likeness (QED) is 0.490. The molecule has 2 heterocycles. The number of terminal acetylenes is 1. The highest BCUT2D eigenvalue weighted by Gasteiger charge is 2.32. The van der Waals surface area contributed by atoms with Crippen LogP contribution < -0.4 is 11.0 Å². The second-order valence-corrected chi connectivity index (χ2v) is 7.09. The van der Waals surface area contributed by atoms with E-state index in [2.05, 4.69) is 16.2 Å². The van der Waals surface area contributed by atoms with Crippen LogP contribution in [0.25, 0.3) is 0 Å². The minimum Gasteiger partial charge on any atom is -0.449 e. The third-order valence-corrected chi connectivity index (χ3v) is 4.77. The van der Waals surface area contributed by atoms with Gasteiger partial charge in [0.25, 0.3) is 0 Å². The van der Waals surface area contributed by atoms with E-state index >= 15 is 0 Å². The first-order valence-corrected chi connectivity index (χ1v) is 9.96. The lowest BCUT2D eigenvalue weighted by molar-refractivity contribution is -0.0100. The Morgan fingerprint density at radius 1 is 1.39 bits per heavy atom. The molecule has 1 saturated heterocycles. The van der Waals surface area contributed by atoms with E-state index in [0.29, 0.717) is 19.6 Å². The molecule has 0 bridgehead atoms. The van der Waals surface area contributed by atoms with Crippen LogP contribution in [-0.4, -0.2) is 46.2 Å². The number of ether oxygens (including phenoxy) is 3. The summed E-state index contributed by atoms with van der Waals surface area (Å²) in [5, 5.41) is 12.2. The molecule has 1 aliphatic rings. The highest BCUT2D eigenvalue weighted by atomic mass is 16.6. The Kier molecular flexibility index (Phi) is 7.78. The van der Waals surface area contributed by atoms with Gasteiger partial charge in [-0.25, -0.2) is 9.59 Å². The van der Waals surface area contributed by atoms with Crippen LogP contribution in [0.1, 0.15) is 37.1 Å². The van der Waals surface area contributed by atoms with Gasteiger partial charge in [-0.3, -0.25) is 9.88 Å². The number of hydrogen-bond donors (Lipinski definition) is 2. The Morgan fingerprint density at radius 2 is 2.16 bits per heavy atom. The van der Waals surface area contributed by atoms with Crippen LogP contribution in [0.5, 0.6) is 0 Å². The minimum absolute atomic E-state index is 0.0688. The topological polar surface area (TPSA) is 112 Å². The zero-order valence-electron chi connectivity index (χ0n) is 17.2. The van der Waals surface area contributed by atoms with Crippen LogP contribution in [0.4, 0.5) is 10.6 Å². The predicted octanol–water partition coefficient (Wildman–Crippen LogP) is 2.05. The number of aromatic nitrogens is 2. The average molecular weight is 427 g/mol. The molecular formula is C22H25N3O6. The third kappa shape index (κ3) is 6.15. The Morgan fingerprint density at radius 3 is 2.84 bits per heavy atom. The Balaban J connectivity index is 1.47. The first-order chi connectivity index (χ1) is 15.0. The van der Waals surface area contributed by atoms with Crippen molar-refractivity contribution >= 4 is 11.9 Å². The summed E-state index contributed by atoms with van der Waals surface area (Å²) in [4.78, 5) is 28.2. The number of aliphatic hydroxyl groups is 1. The first kappa shape index (κ1) is 22.5. The molecule has 3 rings (SSSR count). The molecule has 31 heavy (non-hydrogen) atoms. The molecule has 1 aromatic heterocycles. The van der Waals surface area contributed by atoms with E-state index in [0.717, 1.165) is 5.56 Å². The Bertz CT molecular complexity index is 975. The molecule has 9 nitrogen and oxygen atoms in total. The van der Waals surface area contributed by atoms with E-state index in [1.54, 1.807) is 6.92 Å². The maximum absolute atomic E-state index is 12.4. The van der Waals surface area contributed by atoms with Gasteiger partial charge in [0.05, 0.1) is 37.6 Å². The van der Waals surface area contributed by atoms with E-state index in [1.807, 2.05) is 30.3 Å². The van der Waals surface area contributed by atoms with Crippen molar-refractivity contribution in [2.75, 3.05) is 18.5 Å². The van der Waals surface area contributed by atoms with E-state index in [1.165, 1.54) is 10.8 Å². The molecule has 3 atom stereocenters. The van der Waals surface area contributed by atoms with Crippen molar-refractivity contribution in [2.45, 2.75) is 44.8 Å². The van der Waals surface area contributed by atoms with Crippen molar-refractivity contribution in [3.05, 3.63) is 58.1 Å². The number of rotatable bonds is 8. The Hall–Kier alpha value is -3.19. The second-order valence-electron chi connectivity index (χ2n) is 7.09. The zero-order valence-corrected chi connectivity index (χ0v) is 17.2. The lowest BCUT2D eigenvalue weighted by atomic mass is 10.2. The van der Waals surface area contributed by atoms with Crippen LogP contribution in [0.2, 0.25) is 0 Å². The average Bonchev–Trinajstić information content (AvgIpc) is 3.09. The number of hydrogen-bond acceptors (Lipinski definition) is 7. The van der Waals surface area contributed by atoms with E-state index in [4.69, 9.17) is 20.6 Å². The summed E-state index contributed by atoms with van der Waals surface area (Å²) in [5.74, 6) is 2.31. The van der Waals surface area contributed by atoms with Crippen LogP contribution in [0, 0.1) is 12.3 Å². The highest BCUT2D eigenvalue weighted by molar-refractivity contribution is 5.84. The van der Waals surface area contributed by atoms with Gasteiger partial charge < -0.3 is 19.3 Å². The number of nitrogens with zero attached hydrogens (tertiary/aromatic N) is 2. The molecule has 3 unspecified atom stereocenters. The number of benzene rings is 1. The number of carbonyl (C=O) groups excluding carboxylic acids is 1. The summed E-state index contributed by atoms with van der Waals surface area (Å²) in [7, 11) is 0. The van der Waals surface area contributed by atoms with Gasteiger partial charge in [-0.05, 0) is 12.5 Å². The summed E-state index contributed by atoms with van der Waals surface area (Å²) in [5.41, 5.74) is 0.603. The van der Waals surface area contributed by atoms with Crippen molar-refractivity contribution in [3.8, 4) is 12.3 Å². The number of nitrogens with one attached hydrogen (secondary N) is 1. The number of aliphatic hydroxyl groups excluding tert-OH is 1. The molecule has 2 N–H and O–H groups in total.